The maximum atomic E-state index is 12.5. The SMILES string of the molecule is Cc1ccccc1NC(=O)NC1c2ccccc2-c2ccccc21. The number of aryl methyl sites for hydroxylation is 1. The molecule has 0 aromatic heterocycles. The number of anilines is 1. The van der Waals surface area contributed by atoms with Crippen LogP contribution in [-0.2, 0) is 0 Å². The molecule has 1 aliphatic rings. The molecular weight excluding hydrogens is 296 g/mol. The zero-order valence-corrected chi connectivity index (χ0v) is 13.4. The van der Waals surface area contributed by atoms with Gasteiger partial charge in [-0.2, -0.15) is 0 Å². The van der Waals surface area contributed by atoms with E-state index in [-0.39, 0.29) is 12.1 Å². The lowest BCUT2D eigenvalue weighted by Crippen LogP contribution is -2.32. The fourth-order valence-corrected chi connectivity index (χ4v) is 3.31. The Labute approximate surface area is 141 Å². The molecule has 0 saturated heterocycles. The summed E-state index contributed by atoms with van der Waals surface area (Å²) >= 11 is 0. The van der Waals surface area contributed by atoms with Gasteiger partial charge in [0.15, 0.2) is 0 Å². The molecule has 2 amide bonds. The Hall–Kier alpha value is -3.07. The summed E-state index contributed by atoms with van der Waals surface area (Å²) < 4.78 is 0. The van der Waals surface area contributed by atoms with E-state index >= 15 is 0 Å². The summed E-state index contributed by atoms with van der Waals surface area (Å²) in [6, 6.07) is 23.9. The van der Waals surface area contributed by atoms with E-state index in [1.54, 1.807) is 0 Å². The summed E-state index contributed by atoms with van der Waals surface area (Å²) in [6.07, 6.45) is 0. The Balaban J connectivity index is 1.63. The highest BCUT2D eigenvalue weighted by molar-refractivity contribution is 5.92. The van der Waals surface area contributed by atoms with Crippen molar-refractivity contribution in [3.8, 4) is 11.1 Å². The summed E-state index contributed by atoms with van der Waals surface area (Å²) in [5, 5.41) is 6.07. The van der Waals surface area contributed by atoms with Gasteiger partial charge in [0.25, 0.3) is 0 Å². The minimum Gasteiger partial charge on any atom is -0.327 e. The minimum atomic E-state index is -0.194. The number of benzene rings is 3. The van der Waals surface area contributed by atoms with E-state index in [0.29, 0.717) is 0 Å². The number of para-hydroxylation sites is 1. The Bertz CT molecular complexity index is 871. The molecule has 0 bridgehead atoms. The van der Waals surface area contributed by atoms with Crippen LogP contribution in [0.25, 0.3) is 11.1 Å². The van der Waals surface area contributed by atoms with Crippen molar-refractivity contribution in [1.29, 1.82) is 0 Å². The van der Waals surface area contributed by atoms with Crippen molar-refractivity contribution in [2.24, 2.45) is 0 Å². The van der Waals surface area contributed by atoms with Crippen molar-refractivity contribution in [1.82, 2.24) is 5.32 Å². The maximum absolute atomic E-state index is 12.5. The number of hydrogen-bond acceptors (Lipinski definition) is 1. The first-order chi connectivity index (χ1) is 11.7. The lowest BCUT2D eigenvalue weighted by Gasteiger charge is -2.17. The second-order valence-corrected chi connectivity index (χ2v) is 6.02. The number of carbonyl (C=O) groups is 1. The van der Waals surface area contributed by atoms with Gasteiger partial charge in [0, 0.05) is 5.69 Å². The summed E-state index contributed by atoms with van der Waals surface area (Å²) in [4.78, 5) is 12.5. The van der Waals surface area contributed by atoms with Crippen LogP contribution in [0.4, 0.5) is 10.5 Å². The van der Waals surface area contributed by atoms with Crippen molar-refractivity contribution >= 4 is 11.7 Å². The molecule has 0 spiro atoms. The van der Waals surface area contributed by atoms with Gasteiger partial charge in [0.2, 0.25) is 0 Å². The van der Waals surface area contributed by atoms with Gasteiger partial charge < -0.3 is 10.6 Å². The number of hydrogen-bond donors (Lipinski definition) is 2. The van der Waals surface area contributed by atoms with Crippen LogP contribution in [0.3, 0.4) is 0 Å². The summed E-state index contributed by atoms with van der Waals surface area (Å²) in [5.74, 6) is 0. The monoisotopic (exact) mass is 314 g/mol. The quantitative estimate of drug-likeness (QED) is 0.695. The zero-order chi connectivity index (χ0) is 16.5. The lowest BCUT2D eigenvalue weighted by molar-refractivity contribution is 0.250. The van der Waals surface area contributed by atoms with Crippen LogP contribution in [0.15, 0.2) is 72.8 Å². The number of urea groups is 1. The van der Waals surface area contributed by atoms with Gasteiger partial charge in [-0.15, -0.1) is 0 Å². The van der Waals surface area contributed by atoms with E-state index < -0.39 is 0 Å². The molecule has 4 rings (SSSR count). The predicted octanol–water partition coefficient (Wildman–Crippen LogP) is 4.89. The predicted molar refractivity (Wildman–Crippen MR) is 97.1 cm³/mol. The van der Waals surface area contributed by atoms with Crippen LogP contribution in [0.5, 0.6) is 0 Å². The van der Waals surface area contributed by atoms with Gasteiger partial charge in [0.1, 0.15) is 0 Å². The minimum absolute atomic E-state index is 0.124. The van der Waals surface area contributed by atoms with Gasteiger partial charge in [-0.3, -0.25) is 0 Å². The summed E-state index contributed by atoms with van der Waals surface area (Å²) in [5.41, 5.74) is 6.52. The Morgan fingerprint density at radius 2 is 1.33 bits per heavy atom. The largest absolute Gasteiger partial charge is 0.327 e. The third kappa shape index (κ3) is 2.44. The Morgan fingerprint density at radius 1 is 0.792 bits per heavy atom. The molecule has 24 heavy (non-hydrogen) atoms. The first-order valence-electron chi connectivity index (χ1n) is 8.05. The average molecular weight is 314 g/mol. The molecule has 3 aromatic rings. The van der Waals surface area contributed by atoms with Crippen molar-refractivity contribution in [3.63, 3.8) is 0 Å². The van der Waals surface area contributed by atoms with Crippen molar-refractivity contribution in [2.45, 2.75) is 13.0 Å². The van der Waals surface area contributed by atoms with Crippen LogP contribution in [0.1, 0.15) is 22.7 Å². The number of fused-ring (bicyclic) bond motifs is 3. The lowest BCUT2D eigenvalue weighted by atomic mass is 10.1. The smallest absolute Gasteiger partial charge is 0.319 e. The molecule has 3 heteroatoms. The molecule has 0 atom stereocenters. The standard InChI is InChI=1S/C21H18N2O/c1-14-8-2-7-13-19(14)22-21(24)23-20-17-11-5-3-9-15(17)16-10-4-6-12-18(16)20/h2-13,20H,1H3,(H2,22,23,24). The molecule has 0 aliphatic heterocycles. The molecule has 3 aromatic carbocycles. The van der Waals surface area contributed by atoms with E-state index in [2.05, 4.69) is 34.9 Å². The van der Waals surface area contributed by atoms with Crippen molar-refractivity contribution < 1.29 is 4.79 Å². The van der Waals surface area contributed by atoms with Crippen LogP contribution >= 0.6 is 0 Å². The second-order valence-electron chi connectivity index (χ2n) is 6.02. The number of nitrogens with one attached hydrogen (secondary N) is 2. The Morgan fingerprint density at radius 3 is 1.96 bits per heavy atom. The fraction of sp³-hybridized carbons (Fsp3) is 0.0952. The summed E-state index contributed by atoms with van der Waals surface area (Å²) in [7, 11) is 0. The van der Waals surface area contributed by atoms with Crippen LogP contribution in [-0.4, -0.2) is 6.03 Å². The maximum Gasteiger partial charge on any atom is 0.319 e. The highest BCUT2D eigenvalue weighted by Crippen LogP contribution is 2.42. The van der Waals surface area contributed by atoms with Crippen LogP contribution < -0.4 is 10.6 Å². The third-order valence-electron chi connectivity index (χ3n) is 4.50. The topological polar surface area (TPSA) is 41.1 Å². The molecular formula is C21H18N2O. The molecule has 1 aliphatic carbocycles. The van der Waals surface area contributed by atoms with Crippen molar-refractivity contribution in [2.75, 3.05) is 5.32 Å². The van der Waals surface area contributed by atoms with E-state index in [1.165, 1.54) is 11.1 Å². The van der Waals surface area contributed by atoms with Gasteiger partial charge in [-0.05, 0) is 40.8 Å². The fourth-order valence-electron chi connectivity index (χ4n) is 3.31. The first-order valence-corrected chi connectivity index (χ1v) is 8.05. The van der Waals surface area contributed by atoms with E-state index in [0.717, 1.165) is 22.4 Å². The molecule has 0 fully saturated rings. The van der Waals surface area contributed by atoms with E-state index in [4.69, 9.17) is 0 Å². The van der Waals surface area contributed by atoms with Crippen LogP contribution in [0.2, 0.25) is 0 Å². The van der Waals surface area contributed by atoms with Gasteiger partial charge in [-0.1, -0.05) is 66.7 Å². The zero-order valence-electron chi connectivity index (χ0n) is 13.4. The molecule has 2 N–H and O–H groups in total. The molecule has 0 radical (unpaired) electrons. The van der Waals surface area contributed by atoms with Crippen molar-refractivity contribution in [3.05, 3.63) is 89.5 Å². The highest BCUT2D eigenvalue weighted by atomic mass is 16.2. The molecule has 118 valence electrons. The van der Waals surface area contributed by atoms with E-state index in [9.17, 15) is 4.79 Å². The molecule has 0 saturated carbocycles. The second kappa shape index (κ2) is 5.85. The first kappa shape index (κ1) is 14.5. The molecule has 0 unspecified atom stereocenters. The van der Waals surface area contributed by atoms with Gasteiger partial charge >= 0.3 is 6.03 Å². The third-order valence-corrected chi connectivity index (χ3v) is 4.50. The van der Waals surface area contributed by atoms with Gasteiger partial charge in [-0.25, -0.2) is 4.79 Å². The number of amides is 2. The highest BCUT2D eigenvalue weighted by Gasteiger charge is 2.29. The number of rotatable bonds is 2. The molecule has 3 nitrogen and oxygen atoms in total. The summed E-state index contributed by atoms with van der Waals surface area (Å²) in [6.45, 7) is 1.98. The molecule has 0 heterocycles. The van der Waals surface area contributed by atoms with E-state index in [1.807, 2.05) is 55.5 Å². The normalized spacial score (nSPS) is 12.4. The Kier molecular flexibility index (Phi) is 3.54. The average Bonchev–Trinajstić information content (AvgIpc) is 2.92. The van der Waals surface area contributed by atoms with Gasteiger partial charge in [0.05, 0.1) is 6.04 Å². The van der Waals surface area contributed by atoms with Crippen LogP contribution in [0, 0.1) is 6.92 Å². The number of carbonyl (C=O) groups excluding carboxylic acids is 1.